The second-order valence-electron chi connectivity index (χ2n) is 4.89. The van der Waals surface area contributed by atoms with Crippen molar-refractivity contribution in [3.8, 4) is 5.75 Å². The van der Waals surface area contributed by atoms with E-state index in [1.54, 1.807) is 7.11 Å². The molecule has 1 fully saturated rings. The molecular formula is C15H23NO3. The molecule has 2 unspecified atom stereocenters. The molecule has 19 heavy (non-hydrogen) atoms. The van der Waals surface area contributed by atoms with Crippen LogP contribution in [0.15, 0.2) is 24.3 Å². The highest BCUT2D eigenvalue weighted by molar-refractivity contribution is 5.35. The monoisotopic (exact) mass is 265 g/mol. The summed E-state index contributed by atoms with van der Waals surface area (Å²) in [6.07, 6.45) is 0.516. The van der Waals surface area contributed by atoms with Gasteiger partial charge in [-0.25, -0.2) is 0 Å². The number of methoxy groups -OCH3 is 1. The number of morpholine rings is 1. The molecule has 1 aromatic carbocycles. The van der Waals surface area contributed by atoms with Crippen molar-refractivity contribution >= 4 is 0 Å². The average molecular weight is 265 g/mol. The fraction of sp³-hybridized carbons (Fsp3) is 0.600. The molecule has 0 radical (unpaired) electrons. The Morgan fingerprint density at radius 1 is 1.47 bits per heavy atom. The second-order valence-corrected chi connectivity index (χ2v) is 4.89. The Morgan fingerprint density at radius 2 is 2.26 bits per heavy atom. The number of nitrogens with zero attached hydrogens (tertiary/aromatic N) is 1. The molecule has 2 atom stereocenters. The summed E-state index contributed by atoms with van der Waals surface area (Å²) in [5.74, 6) is 0.747. The maximum atomic E-state index is 10.4. The first-order valence-corrected chi connectivity index (χ1v) is 6.89. The summed E-state index contributed by atoms with van der Waals surface area (Å²) >= 11 is 0. The Kier molecular flexibility index (Phi) is 5.19. The van der Waals surface area contributed by atoms with Gasteiger partial charge in [0.05, 0.1) is 26.4 Å². The third-order valence-corrected chi connectivity index (χ3v) is 3.73. The molecule has 1 heterocycles. The second kappa shape index (κ2) is 6.89. The van der Waals surface area contributed by atoms with Crippen LogP contribution < -0.4 is 4.74 Å². The molecule has 0 bridgehead atoms. The molecule has 1 aliphatic heterocycles. The first-order valence-electron chi connectivity index (χ1n) is 6.89. The van der Waals surface area contributed by atoms with Gasteiger partial charge in [0, 0.05) is 24.7 Å². The Morgan fingerprint density at radius 3 is 3.00 bits per heavy atom. The highest BCUT2D eigenvalue weighted by Crippen LogP contribution is 2.26. The van der Waals surface area contributed by atoms with Crippen LogP contribution in [-0.4, -0.2) is 49.5 Å². The lowest BCUT2D eigenvalue weighted by molar-refractivity contribution is -0.0279. The minimum atomic E-state index is -0.525. The van der Waals surface area contributed by atoms with Crippen LogP contribution >= 0.6 is 0 Å². The van der Waals surface area contributed by atoms with Gasteiger partial charge in [0.15, 0.2) is 0 Å². The van der Waals surface area contributed by atoms with Crippen LogP contribution in [0.5, 0.6) is 5.75 Å². The number of β-amino-alcohol motifs (C(OH)–C–C–N with tert-alkyl or cyclic N) is 1. The zero-order chi connectivity index (χ0) is 13.7. The summed E-state index contributed by atoms with van der Waals surface area (Å²) in [6.45, 7) is 5.17. The quantitative estimate of drug-likeness (QED) is 0.882. The van der Waals surface area contributed by atoms with E-state index >= 15 is 0 Å². The average Bonchev–Trinajstić information content (AvgIpc) is 2.47. The molecule has 4 heteroatoms. The summed E-state index contributed by atoms with van der Waals surface area (Å²) < 4.78 is 10.8. The summed E-state index contributed by atoms with van der Waals surface area (Å²) in [7, 11) is 1.63. The van der Waals surface area contributed by atoms with E-state index in [9.17, 15) is 5.11 Å². The smallest absolute Gasteiger partial charge is 0.124 e. The molecule has 106 valence electrons. The van der Waals surface area contributed by atoms with Gasteiger partial charge in [-0.2, -0.15) is 0 Å². The van der Waals surface area contributed by atoms with Crippen LogP contribution in [0.3, 0.4) is 0 Å². The van der Waals surface area contributed by atoms with E-state index in [1.807, 2.05) is 24.3 Å². The highest BCUT2D eigenvalue weighted by Gasteiger charge is 2.25. The molecule has 1 aromatic rings. The summed E-state index contributed by atoms with van der Waals surface area (Å²) in [4.78, 5) is 2.31. The van der Waals surface area contributed by atoms with E-state index in [2.05, 4.69) is 11.8 Å². The molecule has 0 aliphatic carbocycles. The van der Waals surface area contributed by atoms with Gasteiger partial charge in [-0.3, -0.25) is 4.90 Å². The SMILES string of the molecule is CCC1COCCN1CC(O)c1ccccc1OC. The lowest BCUT2D eigenvalue weighted by Crippen LogP contribution is -2.46. The molecule has 2 rings (SSSR count). The number of hydrogen-bond donors (Lipinski definition) is 1. The van der Waals surface area contributed by atoms with E-state index in [-0.39, 0.29) is 0 Å². The van der Waals surface area contributed by atoms with Crippen molar-refractivity contribution in [2.45, 2.75) is 25.5 Å². The van der Waals surface area contributed by atoms with Crippen LogP contribution in [-0.2, 0) is 4.74 Å². The fourth-order valence-corrected chi connectivity index (χ4v) is 2.57. The van der Waals surface area contributed by atoms with Gasteiger partial charge in [0.2, 0.25) is 0 Å². The van der Waals surface area contributed by atoms with Crippen LogP contribution in [0, 0.1) is 0 Å². The normalized spacial score (nSPS) is 22.2. The molecule has 0 aromatic heterocycles. The minimum absolute atomic E-state index is 0.401. The Labute approximate surface area is 114 Å². The Balaban J connectivity index is 2.05. The molecule has 1 N–H and O–H groups in total. The number of aliphatic hydroxyl groups is 1. The first-order chi connectivity index (χ1) is 9.26. The van der Waals surface area contributed by atoms with Crippen LogP contribution in [0.1, 0.15) is 25.0 Å². The standard InChI is InChI=1S/C15H23NO3/c1-3-12-11-19-9-8-16(12)10-14(17)13-6-4-5-7-15(13)18-2/h4-7,12,14,17H,3,8-11H2,1-2H3. The fourth-order valence-electron chi connectivity index (χ4n) is 2.57. The molecule has 4 nitrogen and oxygen atoms in total. The largest absolute Gasteiger partial charge is 0.496 e. The van der Waals surface area contributed by atoms with Gasteiger partial charge < -0.3 is 14.6 Å². The highest BCUT2D eigenvalue weighted by atomic mass is 16.5. The minimum Gasteiger partial charge on any atom is -0.496 e. The van der Waals surface area contributed by atoms with Crippen molar-refractivity contribution in [2.75, 3.05) is 33.4 Å². The predicted octanol–water partition coefficient (Wildman–Crippen LogP) is 1.84. The van der Waals surface area contributed by atoms with Crippen LogP contribution in [0.25, 0.3) is 0 Å². The molecular weight excluding hydrogens is 242 g/mol. The van der Waals surface area contributed by atoms with Gasteiger partial charge in [-0.05, 0) is 12.5 Å². The van der Waals surface area contributed by atoms with Crippen molar-refractivity contribution in [2.24, 2.45) is 0 Å². The van der Waals surface area contributed by atoms with E-state index in [0.717, 1.165) is 37.5 Å². The summed E-state index contributed by atoms with van der Waals surface area (Å²) in [5, 5.41) is 10.4. The van der Waals surface area contributed by atoms with Gasteiger partial charge in [-0.15, -0.1) is 0 Å². The third-order valence-electron chi connectivity index (χ3n) is 3.73. The van der Waals surface area contributed by atoms with Gasteiger partial charge in [0.1, 0.15) is 5.75 Å². The molecule has 0 saturated carbocycles. The zero-order valence-electron chi connectivity index (χ0n) is 11.7. The zero-order valence-corrected chi connectivity index (χ0v) is 11.7. The van der Waals surface area contributed by atoms with Crippen LogP contribution in [0.2, 0.25) is 0 Å². The molecule has 1 saturated heterocycles. The van der Waals surface area contributed by atoms with Gasteiger partial charge in [-0.1, -0.05) is 25.1 Å². The van der Waals surface area contributed by atoms with E-state index in [1.165, 1.54) is 0 Å². The van der Waals surface area contributed by atoms with Crippen molar-refractivity contribution in [1.82, 2.24) is 4.90 Å². The van der Waals surface area contributed by atoms with Crippen LogP contribution in [0.4, 0.5) is 0 Å². The Hall–Kier alpha value is -1.10. The van der Waals surface area contributed by atoms with Crippen molar-refractivity contribution in [3.63, 3.8) is 0 Å². The molecule has 0 spiro atoms. The maximum absolute atomic E-state index is 10.4. The van der Waals surface area contributed by atoms with Gasteiger partial charge >= 0.3 is 0 Å². The lowest BCUT2D eigenvalue weighted by atomic mass is 10.1. The summed E-state index contributed by atoms with van der Waals surface area (Å²) in [6, 6.07) is 8.05. The van der Waals surface area contributed by atoms with Gasteiger partial charge in [0.25, 0.3) is 0 Å². The number of aliphatic hydroxyl groups excluding tert-OH is 1. The van der Waals surface area contributed by atoms with Crippen molar-refractivity contribution in [3.05, 3.63) is 29.8 Å². The number of rotatable bonds is 5. The van der Waals surface area contributed by atoms with E-state index in [0.29, 0.717) is 12.6 Å². The third kappa shape index (κ3) is 3.47. The van der Waals surface area contributed by atoms with Crippen molar-refractivity contribution < 1.29 is 14.6 Å². The Bertz CT molecular complexity index is 397. The maximum Gasteiger partial charge on any atom is 0.124 e. The first kappa shape index (κ1) is 14.3. The molecule has 1 aliphatic rings. The number of hydrogen-bond acceptors (Lipinski definition) is 4. The van der Waals surface area contributed by atoms with E-state index < -0.39 is 6.10 Å². The predicted molar refractivity (Wildman–Crippen MR) is 74.4 cm³/mol. The molecule has 0 amide bonds. The number of para-hydroxylation sites is 1. The van der Waals surface area contributed by atoms with Crippen molar-refractivity contribution in [1.29, 1.82) is 0 Å². The van der Waals surface area contributed by atoms with E-state index in [4.69, 9.17) is 9.47 Å². The topological polar surface area (TPSA) is 41.9 Å². The number of ether oxygens (including phenoxy) is 2. The lowest BCUT2D eigenvalue weighted by Gasteiger charge is -2.36. The number of benzene rings is 1. The summed E-state index contributed by atoms with van der Waals surface area (Å²) in [5.41, 5.74) is 0.853.